The molecule has 1 N–H and O–H groups in total. The molecule has 0 bridgehead atoms. The molecule has 116 valence electrons. The summed E-state index contributed by atoms with van der Waals surface area (Å²) >= 11 is 0. The monoisotopic (exact) mass is 292 g/mol. The smallest absolute Gasteiger partial charge is 0.170 e. The number of nitrogens with one attached hydrogen (secondary N) is 1. The van der Waals surface area contributed by atoms with Crippen molar-refractivity contribution < 1.29 is 4.39 Å². The van der Waals surface area contributed by atoms with Crippen LogP contribution in [0.5, 0.6) is 0 Å². The fourth-order valence-electron chi connectivity index (χ4n) is 3.44. The number of nitrogens with zero attached hydrogens (tertiary/aromatic N) is 3. The first-order valence-electron chi connectivity index (χ1n) is 8.12. The van der Waals surface area contributed by atoms with Crippen LogP contribution in [0.15, 0.2) is 12.3 Å². The maximum Gasteiger partial charge on any atom is 0.170 e. The third-order valence-corrected chi connectivity index (χ3v) is 4.65. The van der Waals surface area contributed by atoms with E-state index in [4.69, 9.17) is 0 Å². The molecule has 0 aromatic carbocycles. The molecule has 2 saturated heterocycles. The molecule has 5 heteroatoms. The van der Waals surface area contributed by atoms with Crippen LogP contribution < -0.4 is 10.2 Å². The number of halogens is 1. The van der Waals surface area contributed by atoms with Crippen molar-refractivity contribution in [2.75, 3.05) is 37.6 Å². The molecule has 0 amide bonds. The molecular formula is C16H25FN4. The van der Waals surface area contributed by atoms with Crippen LogP contribution in [-0.4, -0.2) is 48.6 Å². The zero-order valence-corrected chi connectivity index (χ0v) is 12.8. The lowest BCUT2D eigenvalue weighted by Gasteiger charge is -2.44. The first-order valence-corrected chi connectivity index (χ1v) is 8.12. The molecule has 1 aromatic rings. The number of rotatable bonds is 4. The second kappa shape index (κ2) is 6.71. The van der Waals surface area contributed by atoms with Crippen LogP contribution in [0, 0.1) is 5.82 Å². The zero-order chi connectivity index (χ0) is 14.7. The highest BCUT2D eigenvalue weighted by molar-refractivity contribution is 5.44. The molecule has 2 fully saturated rings. The third-order valence-electron chi connectivity index (χ3n) is 4.65. The van der Waals surface area contributed by atoms with Crippen molar-refractivity contribution in [3.63, 3.8) is 0 Å². The van der Waals surface area contributed by atoms with E-state index in [1.54, 1.807) is 12.3 Å². The van der Waals surface area contributed by atoms with Gasteiger partial charge in [-0.25, -0.2) is 9.37 Å². The van der Waals surface area contributed by atoms with Crippen LogP contribution in [0.25, 0.3) is 0 Å². The van der Waals surface area contributed by atoms with E-state index in [0.29, 0.717) is 24.0 Å². The Morgan fingerprint density at radius 1 is 1.33 bits per heavy atom. The number of anilines is 1. The predicted molar refractivity (Wildman–Crippen MR) is 83.0 cm³/mol. The molecule has 1 aromatic heterocycles. The normalized spacial score (nSPS) is 23.1. The number of piperidine rings is 1. The topological polar surface area (TPSA) is 31.4 Å². The fraction of sp³-hybridized carbons (Fsp3) is 0.688. The first-order chi connectivity index (χ1) is 10.3. The molecule has 1 unspecified atom stereocenters. The predicted octanol–water partition coefficient (Wildman–Crippen LogP) is 2.00. The van der Waals surface area contributed by atoms with Crippen LogP contribution >= 0.6 is 0 Å². The van der Waals surface area contributed by atoms with Crippen molar-refractivity contribution in [2.24, 2.45) is 0 Å². The quantitative estimate of drug-likeness (QED) is 0.920. The third kappa shape index (κ3) is 3.19. The Labute approximate surface area is 126 Å². The van der Waals surface area contributed by atoms with E-state index in [1.165, 1.54) is 25.8 Å². The largest absolute Gasteiger partial charge is 0.351 e. The lowest BCUT2D eigenvalue weighted by Crippen LogP contribution is -2.55. The summed E-state index contributed by atoms with van der Waals surface area (Å²) in [6.07, 6.45) is 5.57. The molecule has 2 aliphatic rings. The number of hydrogen-bond acceptors (Lipinski definition) is 4. The van der Waals surface area contributed by atoms with Gasteiger partial charge in [-0.15, -0.1) is 0 Å². The van der Waals surface area contributed by atoms with Gasteiger partial charge in [-0.3, -0.25) is 4.90 Å². The summed E-state index contributed by atoms with van der Waals surface area (Å²) in [5, 5.41) is 3.19. The Morgan fingerprint density at radius 2 is 2.24 bits per heavy atom. The van der Waals surface area contributed by atoms with Crippen molar-refractivity contribution in [2.45, 2.75) is 38.8 Å². The first kappa shape index (κ1) is 14.7. The van der Waals surface area contributed by atoms with E-state index in [2.05, 4.69) is 20.1 Å². The van der Waals surface area contributed by atoms with Crippen molar-refractivity contribution in [3.8, 4) is 0 Å². The minimum Gasteiger partial charge on any atom is -0.351 e. The lowest BCUT2D eigenvalue weighted by atomic mass is 9.99. The van der Waals surface area contributed by atoms with Gasteiger partial charge in [0.05, 0.1) is 0 Å². The highest BCUT2D eigenvalue weighted by Crippen LogP contribution is 2.26. The summed E-state index contributed by atoms with van der Waals surface area (Å²) < 4.78 is 14.6. The number of piperazine rings is 1. The highest BCUT2D eigenvalue weighted by atomic mass is 19.1. The minimum absolute atomic E-state index is 0.150. The molecule has 21 heavy (non-hydrogen) atoms. The summed E-state index contributed by atoms with van der Waals surface area (Å²) in [6, 6.07) is 2.35. The van der Waals surface area contributed by atoms with Gasteiger partial charge in [-0.2, -0.15) is 0 Å². The Morgan fingerprint density at radius 3 is 3.10 bits per heavy atom. The van der Waals surface area contributed by atoms with Crippen molar-refractivity contribution >= 4 is 5.82 Å². The zero-order valence-electron chi connectivity index (χ0n) is 12.8. The highest BCUT2D eigenvalue weighted by Gasteiger charge is 2.30. The number of hydrogen-bond donors (Lipinski definition) is 1. The molecule has 1 atom stereocenters. The average Bonchev–Trinajstić information content (AvgIpc) is 2.53. The molecule has 2 aliphatic heterocycles. The molecule has 4 nitrogen and oxygen atoms in total. The summed E-state index contributed by atoms with van der Waals surface area (Å²) in [6.45, 7) is 7.47. The second-order valence-electron chi connectivity index (χ2n) is 6.02. The number of fused-ring (bicyclic) bond motifs is 1. The minimum atomic E-state index is -0.150. The van der Waals surface area contributed by atoms with Crippen molar-refractivity contribution in [1.82, 2.24) is 15.2 Å². The summed E-state index contributed by atoms with van der Waals surface area (Å²) in [5.41, 5.74) is 0.716. The lowest BCUT2D eigenvalue weighted by molar-refractivity contribution is 0.133. The van der Waals surface area contributed by atoms with Crippen LogP contribution in [-0.2, 0) is 6.54 Å². The van der Waals surface area contributed by atoms with Gasteiger partial charge in [-0.1, -0.05) is 13.3 Å². The Balaban J connectivity index is 1.74. The van der Waals surface area contributed by atoms with Gasteiger partial charge < -0.3 is 10.2 Å². The standard InChI is InChI=1S/C16H25FN4/c1-2-18-11-13-6-7-19-16(15(13)17)21-10-9-20-8-4-3-5-14(20)12-21/h6-7,14,18H,2-5,8-12H2,1H3. The Kier molecular flexibility index (Phi) is 4.70. The summed E-state index contributed by atoms with van der Waals surface area (Å²) in [7, 11) is 0. The van der Waals surface area contributed by atoms with Crippen LogP contribution in [0.1, 0.15) is 31.7 Å². The van der Waals surface area contributed by atoms with Gasteiger partial charge in [0.1, 0.15) is 0 Å². The van der Waals surface area contributed by atoms with Crippen molar-refractivity contribution in [3.05, 3.63) is 23.6 Å². The van der Waals surface area contributed by atoms with Gasteiger partial charge in [-0.05, 0) is 32.0 Å². The number of aromatic nitrogens is 1. The molecule has 0 spiro atoms. The maximum absolute atomic E-state index is 14.6. The van der Waals surface area contributed by atoms with E-state index >= 15 is 0 Å². The van der Waals surface area contributed by atoms with E-state index in [9.17, 15) is 4.39 Å². The van der Waals surface area contributed by atoms with Gasteiger partial charge in [0, 0.05) is 44.0 Å². The molecular weight excluding hydrogens is 267 g/mol. The van der Waals surface area contributed by atoms with Gasteiger partial charge in [0.15, 0.2) is 11.6 Å². The molecule has 0 radical (unpaired) electrons. The van der Waals surface area contributed by atoms with E-state index in [-0.39, 0.29) is 5.82 Å². The summed E-state index contributed by atoms with van der Waals surface area (Å²) in [5.74, 6) is 0.387. The van der Waals surface area contributed by atoms with Gasteiger partial charge in [0.2, 0.25) is 0 Å². The SMILES string of the molecule is CCNCc1ccnc(N2CCN3CCCCC3C2)c1F. The number of pyridine rings is 1. The molecule has 3 rings (SSSR count). The maximum atomic E-state index is 14.6. The Bertz CT molecular complexity index is 479. The van der Waals surface area contributed by atoms with Crippen LogP contribution in [0.3, 0.4) is 0 Å². The van der Waals surface area contributed by atoms with Gasteiger partial charge in [0.25, 0.3) is 0 Å². The Hall–Kier alpha value is -1.20. The molecule has 0 aliphatic carbocycles. The van der Waals surface area contributed by atoms with Crippen molar-refractivity contribution in [1.29, 1.82) is 0 Å². The van der Waals surface area contributed by atoms with Crippen LogP contribution in [0.4, 0.5) is 10.2 Å². The van der Waals surface area contributed by atoms with Crippen LogP contribution in [0.2, 0.25) is 0 Å². The summed E-state index contributed by atoms with van der Waals surface area (Å²) in [4.78, 5) is 9.01. The molecule has 3 heterocycles. The van der Waals surface area contributed by atoms with E-state index < -0.39 is 0 Å². The second-order valence-corrected chi connectivity index (χ2v) is 6.02. The average molecular weight is 292 g/mol. The van der Waals surface area contributed by atoms with Gasteiger partial charge >= 0.3 is 0 Å². The fourth-order valence-corrected chi connectivity index (χ4v) is 3.44. The molecule has 0 saturated carbocycles. The van der Waals surface area contributed by atoms with E-state index in [1.807, 2.05) is 6.92 Å². The van der Waals surface area contributed by atoms with E-state index in [0.717, 1.165) is 26.2 Å².